The Labute approximate surface area is 113 Å². The molecule has 0 saturated carbocycles. The Balaban J connectivity index is -0.00000000821. The van der Waals surface area contributed by atoms with Crippen molar-refractivity contribution < 1.29 is 39.2 Å². The third-order valence-corrected chi connectivity index (χ3v) is 0. The second-order valence-electron chi connectivity index (χ2n) is 0.298. The van der Waals surface area contributed by atoms with Crippen molar-refractivity contribution in [2.24, 2.45) is 21.4 Å². The van der Waals surface area contributed by atoms with Gasteiger partial charge in [-0.25, -0.2) is 0 Å². The first-order valence-electron chi connectivity index (χ1n) is 1.46. The standard InChI is InChI=1S/Ag.Co.4HNO2.2H2N/c;;4*2-1-3;;/h;;4*(H,2,3);2*1H2/q+1;+3;;;;;2*-1/p-4. The van der Waals surface area contributed by atoms with E-state index in [1.54, 1.807) is 0 Å². The fourth-order valence-electron chi connectivity index (χ4n) is 0. The summed E-state index contributed by atoms with van der Waals surface area (Å²) in [6, 6.07) is 0. The molecule has 0 aromatic heterocycles. The zero-order valence-electron chi connectivity index (χ0n) is 6.84. The average Bonchev–Trinajstić information content (AvgIpc) is 1.92. The maximum atomic E-state index is 8.00. The average molecular weight is 383 g/mol. The molecule has 0 unspecified atom stereocenters. The minimum Gasteiger partial charge on any atom is -0.693 e. The topological polar surface area (TPSA) is 277 Å². The van der Waals surface area contributed by atoms with Crippen LogP contribution in [0.2, 0.25) is 0 Å². The molecule has 0 spiro atoms. The zero-order valence-corrected chi connectivity index (χ0v) is 9.37. The van der Waals surface area contributed by atoms with Crippen molar-refractivity contribution in [3.63, 3.8) is 0 Å². The van der Waals surface area contributed by atoms with E-state index in [9.17, 15) is 0 Å². The first-order chi connectivity index (χ1) is 5.66. The Kier molecular flexibility index (Phi) is 1120. The number of hydrogen-bond acceptors (Lipinski definition) is 12. The summed E-state index contributed by atoms with van der Waals surface area (Å²) in [5.74, 6) is 0. The van der Waals surface area contributed by atoms with Gasteiger partial charge in [0.2, 0.25) is 0 Å². The van der Waals surface area contributed by atoms with Gasteiger partial charge in [-0.2, -0.15) is 0 Å². The first-order valence-corrected chi connectivity index (χ1v) is 1.46. The van der Waals surface area contributed by atoms with Crippen LogP contribution < -0.4 is 0 Å². The molecule has 0 heterocycles. The van der Waals surface area contributed by atoms with E-state index in [1.165, 1.54) is 0 Å². The molecule has 0 aromatic rings. The van der Waals surface area contributed by atoms with E-state index in [0.29, 0.717) is 0 Å². The van der Waals surface area contributed by atoms with Crippen LogP contribution in [-0.4, -0.2) is 0 Å². The third kappa shape index (κ3) is 1160. The molecule has 0 fully saturated rings. The second-order valence-corrected chi connectivity index (χ2v) is 0.298. The molecule has 0 aliphatic rings. The van der Waals surface area contributed by atoms with E-state index >= 15 is 0 Å². The largest absolute Gasteiger partial charge is 3.00 e. The summed E-state index contributed by atoms with van der Waals surface area (Å²) in [7, 11) is 0. The summed E-state index contributed by atoms with van der Waals surface area (Å²) in [5, 5.41) is 36.0. The van der Waals surface area contributed by atoms with Gasteiger partial charge in [-0.15, -0.1) is 21.4 Å². The molecule has 16 heavy (non-hydrogen) atoms. The molecule has 0 radical (unpaired) electrons. The molecular weight excluding hydrogens is 379 g/mol. The molecule has 0 amide bonds. The monoisotopic (exact) mass is 382 g/mol. The molecule has 0 aliphatic carbocycles. The van der Waals surface area contributed by atoms with Crippen LogP contribution in [0, 0.1) is 40.5 Å². The van der Waals surface area contributed by atoms with Crippen molar-refractivity contribution in [1.29, 1.82) is 0 Å². The number of hydrogen-bond donors (Lipinski definition) is 0. The summed E-state index contributed by atoms with van der Waals surface area (Å²) in [6.07, 6.45) is 0. The van der Waals surface area contributed by atoms with Gasteiger partial charge >= 0.3 is 39.2 Å². The molecule has 0 rings (SSSR count). The van der Waals surface area contributed by atoms with E-state index in [-0.39, 0.29) is 51.5 Å². The van der Waals surface area contributed by atoms with Crippen LogP contribution >= 0.6 is 0 Å². The number of nitrogens with two attached hydrogens (primary N) is 2. The quantitative estimate of drug-likeness (QED) is 0.339. The van der Waals surface area contributed by atoms with Crippen LogP contribution in [0.3, 0.4) is 0 Å². The third-order valence-electron chi connectivity index (χ3n) is 0. The van der Waals surface area contributed by atoms with Gasteiger partial charge in [-0.1, -0.05) is 0 Å². The van der Waals surface area contributed by atoms with E-state index < -0.39 is 0 Å². The molecule has 14 nitrogen and oxygen atoms in total. The van der Waals surface area contributed by atoms with Crippen LogP contribution in [0.25, 0.3) is 12.3 Å². The summed E-state index contributed by atoms with van der Waals surface area (Å²) in [5.41, 5.74) is 0. The van der Waals surface area contributed by atoms with Gasteiger partial charge in [0.15, 0.2) is 0 Å². The fraction of sp³-hybridized carbons (Fsp3) is 0. The maximum absolute atomic E-state index is 8.00. The van der Waals surface area contributed by atoms with Gasteiger partial charge in [-0.05, 0) is 0 Å². The summed E-state index contributed by atoms with van der Waals surface area (Å²) in [4.78, 5) is 32.0. The van der Waals surface area contributed by atoms with E-state index in [4.69, 9.17) is 40.5 Å². The van der Waals surface area contributed by atoms with Gasteiger partial charge in [0.05, 0.1) is 0 Å². The number of rotatable bonds is 0. The fourth-order valence-corrected chi connectivity index (χ4v) is 0. The Hall–Kier alpha value is -1.23. The Morgan fingerprint density at radius 3 is 0.562 bits per heavy atom. The minimum atomic E-state index is 0. The maximum Gasteiger partial charge on any atom is 3.00 e. The Morgan fingerprint density at radius 2 is 0.562 bits per heavy atom. The van der Waals surface area contributed by atoms with Crippen LogP contribution in [0.1, 0.15) is 0 Å². The predicted octanol–water partition coefficient (Wildman–Crippen LogP) is 2.43. The molecule has 0 bridgehead atoms. The first kappa shape index (κ1) is 61.1. The molecule has 0 aromatic carbocycles. The van der Waals surface area contributed by atoms with Crippen molar-refractivity contribution in [2.75, 3.05) is 0 Å². The van der Waals surface area contributed by atoms with Gasteiger partial charge in [0, 0.05) is 0 Å². The predicted molar refractivity (Wildman–Crippen MR) is 47.2 cm³/mol. The van der Waals surface area contributed by atoms with Crippen molar-refractivity contribution in [3.8, 4) is 0 Å². The summed E-state index contributed by atoms with van der Waals surface area (Å²) < 4.78 is 0. The van der Waals surface area contributed by atoms with Crippen molar-refractivity contribution in [2.45, 2.75) is 0 Å². The summed E-state index contributed by atoms with van der Waals surface area (Å²) in [6.45, 7) is 0. The van der Waals surface area contributed by atoms with Crippen LogP contribution in [-0.2, 0) is 39.2 Å². The van der Waals surface area contributed by atoms with Gasteiger partial charge in [0.1, 0.15) is 0 Å². The normalized spacial score (nSPS) is 3.00. The van der Waals surface area contributed by atoms with E-state index in [2.05, 4.69) is 0 Å². The molecule has 104 valence electrons. The number of nitrogens with zero attached hydrogens (tertiary/aromatic N) is 4. The molecular formula is H4AgCoN6O8-2. The van der Waals surface area contributed by atoms with E-state index in [0.717, 1.165) is 21.4 Å². The van der Waals surface area contributed by atoms with Crippen LogP contribution in [0.4, 0.5) is 0 Å². The second kappa shape index (κ2) is 293. The van der Waals surface area contributed by atoms with E-state index in [1.807, 2.05) is 0 Å². The molecule has 0 saturated heterocycles. The van der Waals surface area contributed by atoms with Crippen molar-refractivity contribution >= 4 is 0 Å². The van der Waals surface area contributed by atoms with Gasteiger partial charge in [0.25, 0.3) is 0 Å². The molecule has 16 heteroatoms. The van der Waals surface area contributed by atoms with Gasteiger partial charge in [-0.3, -0.25) is 0 Å². The molecule has 0 atom stereocenters. The van der Waals surface area contributed by atoms with Crippen molar-refractivity contribution in [1.82, 2.24) is 0 Å². The Morgan fingerprint density at radius 1 is 0.562 bits per heavy atom. The zero-order chi connectivity index (χ0) is 10.8. The Bertz CT molecular complexity index is 78.5. The van der Waals surface area contributed by atoms with Gasteiger partial charge < -0.3 is 52.8 Å². The van der Waals surface area contributed by atoms with Crippen LogP contribution in [0.15, 0.2) is 21.4 Å². The molecule has 0 aliphatic heterocycles. The summed E-state index contributed by atoms with van der Waals surface area (Å²) >= 11 is 0. The SMILES string of the molecule is O=N[O-].O=N[O-].O=N[O-].O=N[O-].[Ag+].[Co+3].[NH2-].[NH2-]. The smallest absolute Gasteiger partial charge is 0.693 e. The minimum absolute atomic E-state index is 0. The van der Waals surface area contributed by atoms with Crippen molar-refractivity contribution in [3.05, 3.63) is 52.8 Å². The molecule has 4 N–H and O–H groups in total. The van der Waals surface area contributed by atoms with Crippen LogP contribution in [0.5, 0.6) is 0 Å².